The van der Waals surface area contributed by atoms with Crippen LogP contribution in [0.2, 0.25) is 0 Å². The number of aromatic nitrogens is 3. The maximum Gasteiger partial charge on any atom is 0.230 e. The van der Waals surface area contributed by atoms with E-state index in [1.807, 2.05) is 56.5 Å². The van der Waals surface area contributed by atoms with E-state index in [4.69, 9.17) is 9.47 Å². The largest absolute Gasteiger partial charge is 0.497 e. The molecule has 8 heteroatoms. The number of benzene rings is 1. The van der Waals surface area contributed by atoms with E-state index < -0.39 is 0 Å². The molecule has 1 amide bonds. The number of carbonyl (C=O) groups is 1. The number of methoxy groups -OCH3 is 1. The van der Waals surface area contributed by atoms with Crippen molar-refractivity contribution >= 4 is 17.7 Å². The van der Waals surface area contributed by atoms with E-state index in [-0.39, 0.29) is 18.1 Å². The van der Waals surface area contributed by atoms with Crippen LogP contribution in [0, 0.1) is 0 Å². The van der Waals surface area contributed by atoms with Gasteiger partial charge in [0.1, 0.15) is 11.5 Å². The van der Waals surface area contributed by atoms with Gasteiger partial charge in [0, 0.05) is 18.7 Å². The lowest BCUT2D eigenvalue weighted by Crippen LogP contribution is -2.33. The third-order valence-corrected chi connectivity index (χ3v) is 5.10. The summed E-state index contributed by atoms with van der Waals surface area (Å²) in [6, 6.07) is 7.63. The Labute approximate surface area is 164 Å². The molecule has 2 rings (SSSR count). The Hall–Kier alpha value is -2.22. The Morgan fingerprint density at radius 3 is 2.67 bits per heavy atom. The Morgan fingerprint density at radius 1 is 1.26 bits per heavy atom. The molecule has 0 saturated heterocycles. The van der Waals surface area contributed by atoms with Crippen molar-refractivity contribution in [1.82, 2.24) is 20.1 Å². The first kappa shape index (κ1) is 21.1. The second kappa shape index (κ2) is 10.2. The number of nitrogens with one attached hydrogen (secondary N) is 1. The Balaban J connectivity index is 2.04. The molecule has 1 aromatic carbocycles. The quantitative estimate of drug-likeness (QED) is 0.624. The average molecular weight is 393 g/mol. The zero-order valence-corrected chi connectivity index (χ0v) is 17.4. The van der Waals surface area contributed by atoms with Crippen molar-refractivity contribution in [3.05, 3.63) is 30.1 Å². The highest BCUT2D eigenvalue weighted by atomic mass is 32.2. The molecule has 1 N–H and O–H groups in total. The normalized spacial score (nSPS) is 13.1. The van der Waals surface area contributed by atoms with Gasteiger partial charge in [-0.05, 0) is 39.3 Å². The van der Waals surface area contributed by atoms with E-state index >= 15 is 0 Å². The minimum Gasteiger partial charge on any atom is -0.497 e. The van der Waals surface area contributed by atoms with Crippen LogP contribution < -0.4 is 14.8 Å². The molecular formula is C19H28N4O3S. The Morgan fingerprint density at radius 2 is 2.00 bits per heavy atom. The third kappa shape index (κ3) is 5.89. The molecule has 0 saturated carbocycles. The van der Waals surface area contributed by atoms with Crippen LogP contribution >= 0.6 is 11.8 Å². The molecular weight excluding hydrogens is 364 g/mol. The number of hydrogen-bond acceptors (Lipinski definition) is 6. The van der Waals surface area contributed by atoms with Gasteiger partial charge >= 0.3 is 0 Å². The number of amides is 1. The monoisotopic (exact) mass is 392 g/mol. The predicted octanol–water partition coefficient (Wildman–Crippen LogP) is 3.45. The molecule has 0 aliphatic carbocycles. The van der Waals surface area contributed by atoms with Gasteiger partial charge < -0.3 is 19.4 Å². The number of ether oxygens (including phenoxy) is 2. The van der Waals surface area contributed by atoms with Crippen molar-refractivity contribution in [3.8, 4) is 11.5 Å². The van der Waals surface area contributed by atoms with Crippen molar-refractivity contribution in [1.29, 1.82) is 0 Å². The highest BCUT2D eigenvalue weighted by molar-refractivity contribution is 7.99. The maximum absolute atomic E-state index is 12.0. The van der Waals surface area contributed by atoms with E-state index in [0.29, 0.717) is 23.2 Å². The van der Waals surface area contributed by atoms with Crippen molar-refractivity contribution in [3.63, 3.8) is 0 Å². The smallest absolute Gasteiger partial charge is 0.230 e. The topological polar surface area (TPSA) is 78.3 Å². The summed E-state index contributed by atoms with van der Waals surface area (Å²) < 4.78 is 13.2. The standard InChI is InChI=1S/C19H28N4O3S/c1-6-13(3)20-17(24)12-27-19-22-21-18(23(19)7-2)14(4)26-16-10-8-9-15(11-16)25-5/h8-11,13-14H,6-7,12H2,1-5H3,(H,20,24). The molecule has 0 fully saturated rings. The highest BCUT2D eigenvalue weighted by Crippen LogP contribution is 2.26. The molecule has 0 bridgehead atoms. The van der Waals surface area contributed by atoms with Crippen molar-refractivity contribution in [2.24, 2.45) is 0 Å². The molecule has 0 aliphatic rings. The summed E-state index contributed by atoms with van der Waals surface area (Å²) in [5, 5.41) is 12.2. The SMILES string of the molecule is CCC(C)NC(=O)CSc1nnc(C(C)Oc2cccc(OC)c2)n1CC. The van der Waals surface area contributed by atoms with Crippen molar-refractivity contribution in [2.75, 3.05) is 12.9 Å². The van der Waals surface area contributed by atoms with Crippen LogP contribution in [0.4, 0.5) is 0 Å². The minimum absolute atomic E-state index is 0.00207. The lowest BCUT2D eigenvalue weighted by Gasteiger charge is -2.16. The van der Waals surface area contributed by atoms with E-state index in [1.165, 1.54) is 11.8 Å². The molecule has 1 heterocycles. The van der Waals surface area contributed by atoms with Gasteiger partial charge in [-0.2, -0.15) is 0 Å². The molecule has 27 heavy (non-hydrogen) atoms. The minimum atomic E-state index is -0.284. The maximum atomic E-state index is 12.0. The molecule has 148 valence electrons. The highest BCUT2D eigenvalue weighted by Gasteiger charge is 2.19. The first-order valence-corrected chi connectivity index (χ1v) is 10.1. The number of thioether (sulfide) groups is 1. The second-order valence-corrected chi connectivity index (χ2v) is 7.13. The fourth-order valence-electron chi connectivity index (χ4n) is 2.48. The van der Waals surface area contributed by atoms with Crippen molar-refractivity contribution < 1.29 is 14.3 Å². The van der Waals surface area contributed by atoms with E-state index in [1.54, 1.807) is 7.11 Å². The fourth-order valence-corrected chi connectivity index (χ4v) is 3.31. The number of hydrogen-bond donors (Lipinski definition) is 1. The summed E-state index contributed by atoms with van der Waals surface area (Å²) in [6.07, 6.45) is 0.623. The van der Waals surface area contributed by atoms with E-state index in [2.05, 4.69) is 15.5 Å². The summed E-state index contributed by atoms with van der Waals surface area (Å²) in [5.41, 5.74) is 0. The molecule has 7 nitrogen and oxygen atoms in total. The van der Waals surface area contributed by atoms with E-state index in [0.717, 1.165) is 18.0 Å². The number of nitrogens with zero attached hydrogens (tertiary/aromatic N) is 3. The molecule has 2 atom stereocenters. The van der Waals surface area contributed by atoms with Gasteiger partial charge in [-0.3, -0.25) is 4.79 Å². The summed E-state index contributed by atoms with van der Waals surface area (Å²) in [6.45, 7) is 8.69. The van der Waals surface area contributed by atoms with Gasteiger partial charge in [0.15, 0.2) is 17.1 Å². The molecule has 2 unspecified atom stereocenters. The van der Waals surface area contributed by atoms with Crippen molar-refractivity contribution in [2.45, 2.75) is 58.0 Å². The average Bonchev–Trinajstić information content (AvgIpc) is 3.09. The van der Waals surface area contributed by atoms with Crippen LogP contribution in [0.5, 0.6) is 11.5 Å². The zero-order valence-electron chi connectivity index (χ0n) is 16.6. The molecule has 0 radical (unpaired) electrons. The lowest BCUT2D eigenvalue weighted by atomic mass is 10.3. The summed E-state index contributed by atoms with van der Waals surface area (Å²) >= 11 is 1.38. The molecule has 1 aromatic heterocycles. The first-order valence-electron chi connectivity index (χ1n) is 9.14. The number of carbonyl (C=O) groups excluding carboxylic acids is 1. The molecule has 2 aromatic rings. The van der Waals surface area contributed by atoms with Gasteiger partial charge in [0.25, 0.3) is 0 Å². The van der Waals surface area contributed by atoms with Crippen LogP contribution in [0.25, 0.3) is 0 Å². The van der Waals surface area contributed by atoms with Crippen LogP contribution in [-0.4, -0.2) is 39.6 Å². The van der Waals surface area contributed by atoms with E-state index in [9.17, 15) is 4.79 Å². The van der Waals surface area contributed by atoms with Gasteiger partial charge in [0.2, 0.25) is 5.91 Å². The van der Waals surface area contributed by atoms with Crippen LogP contribution in [0.3, 0.4) is 0 Å². The van der Waals surface area contributed by atoms with Crippen LogP contribution in [0.1, 0.15) is 46.0 Å². The zero-order chi connectivity index (χ0) is 19.8. The fraction of sp³-hybridized carbons (Fsp3) is 0.526. The first-order chi connectivity index (χ1) is 13.0. The summed E-state index contributed by atoms with van der Waals surface area (Å²) in [4.78, 5) is 12.0. The van der Waals surface area contributed by atoms with Gasteiger partial charge in [-0.1, -0.05) is 24.8 Å². The number of rotatable bonds is 10. The van der Waals surface area contributed by atoms with Gasteiger partial charge in [-0.25, -0.2) is 0 Å². The molecule has 0 spiro atoms. The lowest BCUT2D eigenvalue weighted by molar-refractivity contribution is -0.119. The Bertz CT molecular complexity index is 750. The summed E-state index contributed by atoms with van der Waals surface area (Å²) in [7, 11) is 1.62. The Kier molecular flexibility index (Phi) is 7.97. The van der Waals surface area contributed by atoms with Crippen LogP contribution in [0.15, 0.2) is 29.4 Å². The van der Waals surface area contributed by atoms with Gasteiger partial charge in [0.05, 0.1) is 12.9 Å². The van der Waals surface area contributed by atoms with Crippen LogP contribution in [-0.2, 0) is 11.3 Å². The summed E-state index contributed by atoms with van der Waals surface area (Å²) in [5.74, 6) is 2.48. The van der Waals surface area contributed by atoms with Gasteiger partial charge in [-0.15, -0.1) is 10.2 Å². The molecule has 0 aliphatic heterocycles. The predicted molar refractivity (Wildman–Crippen MR) is 106 cm³/mol. The third-order valence-electron chi connectivity index (χ3n) is 4.13. The second-order valence-electron chi connectivity index (χ2n) is 6.19.